The van der Waals surface area contributed by atoms with E-state index in [9.17, 15) is 18.0 Å². The lowest BCUT2D eigenvalue weighted by Crippen LogP contribution is -2.31. The van der Waals surface area contributed by atoms with Crippen molar-refractivity contribution >= 4 is 23.2 Å². The van der Waals surface area contributed by atoms with Crippen LogP contribution >= 0.6 is 11.6 Å². The van der Waals surface area contributed by atoms with Gasteiger partial charge in [0.05, 0.1) is 11.3 Å². The molecule has 23 heavy (non-hydrogen) atoms. The van der Waals surface area contributed by atoms with Gasteiger partial charge in [-0.3, -0.25) is 4.79 Å². The van der Waals surface area contributed by atoms with Crippen LogP contribution in [-0.4, -0.2) is 15.5 Å². The number of hydrogen-bond acceptors (Lipinski definition) is 2. The highest BCUT2D eigenvalue weighted by molar-refractivity contribution is 6.30. The Kier molecular flexibility index (Phi) is 4.06. The van der Waals surface area contributed by atoms with E-state index in [2.05, 4.69) is 10.3 Å². The minimum Gasteiger partial charge on any atom is -0.335 e. The van der Waals surface area contributed by atoms with Crippen molar-refractivity contribution < 1.29 is 18.0 Å². The van der Waals surface area contributed by atoms with Crippen LogP contribution in [0.4, 0.5) is 18.9 Å². The van der Waals surface area contributed by atoms with Gasteiger partial charge in [-0.2, -0.15) is 13.2 Å². The van der Waals surface area contributed by atoms with Crippen LogP contribution < -0.4 is 5.32 Å². The number of nitrogens with one attached hydrogen (secondary N) is 1. The van der Waals surface area contributed by atoms with Crippen molar-refractivity contribution in [2.45, 2.75) is 25.6 Å². The number of hydrogen-bond donors (Lipinski definition) is 1. The van der Waals surface area contributed by atoms with Gasteiger partial charge in [-0.15, -0.1) is 0 Å². The van der Waals surface area contributed by atoms with Crippen LogP contribution in [-0.2, 0) is 23.9 Å². The Hall–Kier alpha value is -2.02. The fourth-order valence-corrected chi connectivity index (χ4v) is 2.84. The number of amides is 1. The molecule has 0 fully saturated rings. The smallest absolute Gasteiger partial charge is 0.335 e. The number of nitrogens with zero attached hydrogens (tertiary/aromatic N) is 2. The fraction of sp³-hybridized carbons (Fsp3) is 0.333. The second-order valence-electron chi connectivity index (χ2n) is 5.40. The van der Waals surface area contributed by atoms with Crippen LogP contribution in [0.2, 0.25) is 5.02 Å². The molecule has 1 unspecified atom stereocenters. The Morgan fingerprint density at radius 2 is 2.17 bits per heavy atom. The molecule has 4 nitrogen and oxygen atoms in total. The number of carbonyl (C=O) groups is 1. The zero-order chi connectivity index (χ0) is 16.6. The van der Waals surface area contributed by atoms with Gasteiger partial charge in [0, 0.05) is 36.3 Å². The van der Waals surface area contributed by atoms with Crippen molar-refractivity contribution in [3.63, 3.8) is 0 Å². The highest BCUT2D eigenvalue weighted by Crippen LogP contribution is 2.37. The lowest BCUT2D eigenvalue weighted by Gasteiger charge is -2.23. The van der Waals surface area contributed by atoms with E-state index in [0.717, 1.165) is 11.9 Å². The van der Waals surface area contributed by atoms with E-state index < -0.39 is 23.6 Å². The zero-order valence-corrected chi connectivity index (χ0v) is 12.7. The molecule has 1 aromatic heterocycles. The summed E-state index contributed by atoms with van der Waals surface area (Å²) >= 11 is 5.63. The van der Waals surface area contributed by atoms with E-state index in [-0.39, 0.29) is 10.7 Å². The highest BCUT2D eigenvalue weighted by Gasteiger charge is 2.35. The lowest BCUT2D eigenvalue weighted by molar-refractivity contribution is -0.137. The third-order valence-electron chi connectivity index (χ3n) is 3.86. The average molecular weight is 344 g/mol. The van der Waals surface area contributed by atoms with Gasteiger partial charge < -0.3 is 9.88 Å². The summed E-state index contributed by atoms with van der Waals surface area (Å²) in [6.45, 7) is 0.625. The molecule has 1 aromatic carbocycles. The summed E-state index contributed by atoms with van der Waals surface area (Å²) in [7, 11) is 0. The second kappa shape index (κ2) is 5.88. The van der Waals surface area contributed by atoms with Gasteiger partial charge in [-0.05, 0) is 24.6 Å². The first-order valence-electron chi connectivity index (χ1n) is 7.02. The van der Waals surface area contributed by atoms with Crippen LogP contribution in [0.25, 0.3) is 0 Å². The molecule has 1 atom stereocenters. The van der Waals surface area contributed by atoms with Gasteiger partial charge in [-0.1, -0.05) is 11.6 Å². The number of alkyl halides is 3. The largest absolute Gasteiger partial charge is 0.418 e. The molecule has 0 saturated carbocycles. The van der Waals surface area contributed by atoms with E-state index in [1.807, 2.05) is 10.8 Å². The van der Waals surface area contributed by atoms with Crippen molar-refractivity contribution in [1.29, 1.82) is 0 Å². The molecule has 122 valence electrons. The van der Waals surface area contributed by atoms with Gasteiger partial charge >= 0.3 is 6.18 Å². The van der Waals surface area contributed by atoms with E-state index >= 15 is 0 Å². The summed E-state index contributed by atoms with van der Waals surface area (Å²) < 4.78 is 41.1. The Morgan fingerprint density at radius 3 is 2.91 bits per heavy atom. The summed E-state index contributed by atoms with van der Waals surface area (Å²) in [6, 6.07) is 3.30. The fourth-order valence-electron chi connectivity index (χ4n) is 2.67. The Labute approximate surface area is 135 Å². The number of benzene rings is 1. The first-order valence-corrected chi connectivity index (χ1v) is 7.40. The molecule has 1 aliphatic rings. The summed E-state index contributed by atoms with van der Waals surface area (Å²) in [6.07, 6.45) is -0.144. The molecule has 1 amide bonds. The standard InChI is InChI=1S/C15H13ClF3N3O/c16-10-1-2-12(11(8-10)15(17,18)19)21-14(23)9-3-5-22-6-4-20-13(22)7-9/h1-2,4,6,8-9H,3,5,7H2,(H,21,23). The molecule has 0 aliphatic carbocycles. The molecular weight excluding hydrogens is 331 g/mol. The first kappa shape index (κ1) is 15.9. The van der Waals surface area contributed by atoms with E-state index in [4.69, 9.17) is 11.6 Å². The Bertz CT molecular complexity index is 742. The second-order valence-corrected chi connectivity index (χ2v) is 5.84. The van der Waals surface area contributed by atoms with Crippen molar-refractivity contribution in [2.24, 2.45) is 5.92 Å². The number of carbonyl (C=O) groups excluding carboxylic acids is 1. The number of aryl methyl sites for hydroxylation is 1. The highest BCUT2D eigenvalue weighted by atomic mass is 35.5. The molecule has 0 radical (unpaired) electrons. The van der Waals surface area contributed by atoms with Gasteiger partial charge in [0.2, 0.25) is 5.91 Å². The van der Waals surface area contributed by atoms with Gasteiger partial charge in [0.15, 0.2) is 0 Å². The third kappa shape index (κ3) is 3.34. The topological polar surface area (TPSA) is 46.9 Å². The number of imidazole rings is 1. The average Bonchev–Trinajstić information content (AvgIpc) is 2.95. The van der Waals surface area contributed by atoms with Crippen LogP contribution in [0, 0.1) is 5.92 Å². The molecule has 0 spiro atoms. The predicted octanol–water partition coefficient (Wildman–Crippen LogP) is 3.76. The maximum Gasteiger partial charge on any atom is 0.418 e. The predicted molar refractivity (Wildman–Crippen MR) is 79.1 cm³/mol. The van der Waals surface area contributed by atoms with E-state index in [1.54, 1.807) is 6.20 Å². The quantitative estimate of drug-likeness (QED) is 0.902. The molecule has 2 aromatic rings. The van der Waals surface area contributed by atoms with Crippen molar-refractivity contribution in [3.8, 4) is 0 Å². The number of halogens is 4. The maximum absolute atomic E-state index is 13.1. The molecule has 8 heteroatoms. The Morgan fingerprint density at radius 1 is 1.39 bits per heavy atom. The third-order valence-corrected chi connectivity index (χ3v) is 4.10. The van der Waals surface area contributed by atoms with Crippen molar-refractivity contribution in [2.75, 3.05) is 5.32 Å². The molecule has 0 saturated heterocycles. The van der Waals surface area contributed by atoms with Crippen LogP contribution in [0.1, 0.15) is 17.8 Å². The molecular formula is C15H13ClF3N3O. The van der Waals surface area contributed by atoms with Crippen LogP contribution in [0.15, 0.2) is 30.6 Å². The van der Waals surface area contributed by atoms with Gasteiger partial charge in [-0.25, -0.2) is 4.98 Å². The summed E-state index contributed by atoms with van der Waals surface area (Å²) in [5.74, 6) is -0.0720. The normalized spacial score (nSPS) is 17.7. The number of aromatic nitrogens is 2. The van der Waals surface area contributed by atoms with Gasteiger partial charge in [0.25, 0.3) is 0 Å². The Balaban J connectivity index is 1.79. The van der Waals surface area contributed by atoms with E-state index in [0.29, 0.717) is 19.4 Å². The van der Waals surface area contributed by atoms with Gasteiger partial charge in [0.1, 0.15) is 5.82 Å². The minimum absolute atomic E-state index is 0.0324. The minimum atomic E-state index is -4.59. The zero-order valence-electron chi connectivity index (χ0n) is 11.9. The van der Waals surface area contributed by atoms with E-state index in [1.165, 1.54) is 12.1 Å². The van der Waals surface area contributed by atoms with Crippen molar-refractivity contribution in [3.05, 3.63) is 47.0 Å². The van der Waals surface area contributed by atoms with Crippen LogP contribution in [0.3, 0.4) is 0 Å². The monoisotopic (exact) mass is 343 g/mol. The summed E-state index contributed by atoms with van der Waals surface area (Å²) in [4.78, 5) is 16.5. The number of fused-ring (bicyclic) bond motifs is 1. The maximum atomic E-state index is 13.1. The molecule has 0 bridgehead atoms. The molecule has 1 N–H and O–H groups in total. The first-order chi connectivity index (χ1) is 10.8. The molecule has 2 heterocycles. The van der Waals surface area contributed by atoms with Crippen LogP contribution in [0.5, 0.6) is 0 Å². The van der Waals surface area contributed by atoms with Crippen molar-refractivity contribution in [1.82, 2.24) is 9.55 Å². The summed E-state index contributed by atoms with van der Waals surface area (Å²) in [5, 5.41) is 2.35. The lowest BCUT2D eigenvalue weighted by atomic mass is 9.96. The number of anilines is 1. The SMILES string of the molecule is O=C(Nc1ccc(Cl)cc1C(F)(F)F)C1CCn2ccnc2C1. The number of rotatable bonds is 2. The molecule has 1 aliphatic heterocycles. The summed E-state index contributed by atoms with van der Waals surface area (Å²) in [5.41, 5.74) is -1.23. The molecule has 3 rings (SSSR count).